The van der Waals surface area contributed by atoms with Crippen molar-refractivity contribution in [2.45, 2.75) is 71.1 Å². The van der Waals surface area contributed by atoms with Crippen molar-refractivity contribution in [1.82, 2.24) is 0 Å². The quantitative estimate of drug-likeness (QED) is 0.673. The lowest BCUT2D eigenvalue weighted by molar-refractivity contribution is -0.144. The minimum Gasteiger partial charge on any atom is -0.299 e. The summed E-state index contributed by atoms with van der Waals surface area (Å²) in [6, 6.07) is 1.39. The smallest absolute Gasteiger partial charge is 0.136 e. The second-order valence-corrected chi connectivity index (χ2v) is 13.0. The lowest BCUT2D eigenvalue weighted by Crippen LogP contribution is -2.56. The molecule has 3 unspecified atom stereocenters. The summed E-state index contributed by atoms with van der Waals surface area (Å²) in [5.41, 5.74) is 0.454. The van der Waals surface area contributed by atoms with E-state index in [2.05, 4.69) is 19.6 Å². The Hall–Kier alpha value is -0.113. The summed E-state index contributed by atoms with van der Waals surface area (Å²) >= 11 is 0. The van der Waals surface area contributed by atoms with E-state index >= 15 is 0 Å². The van der Waals surface area contributed by atoms with Crippen LogP contribution >= 0.6 is 0 Å². The Bertz CT molecular complexity index is 305. The zero-order chi connectivity index (χ0) is 12.7. The molecule has 0 bridgehead atoms. The molecular weight excluding hydrogens is 224 g/mol. The van der Waals surface area contributed by atoms with Gasteiger partial charge >= 0.3 is 0 Å². The monoisotopic (exact) mass is 252 g/mol. The topological polar surface area (TPSA) is 17.1 Å². The Morgan fingerprint density at radius 3 is 2.53 bits per heavy atom. The molecule has 98 valence electrons. The van der Waals surface area contributed by atoms with Crippen molar-refractivity contribution in [2.24, 2.45) is 17.3 Å². The highest BCUT2D eigenvalue weighted by molar-refractivity contribution is 6.76. The van der Waals surface area contributed by atoms with Crippen LogP contribution in [0, 0.1) is 17.3 Å². The third kappa shape index (κ3) is 2.38. The van der Waals surface area contributed by atoms with Crippen molar-refractivity contribution >= 4 is 13.9 Å². The van der Waals surface area contributed by atoms with E-state index in [0.717, 1.165) is 12.3 Å². The highest BCUT2D eigenvalue weighted by Gasteiger charge is 2.58. The van der Waals surface area contributed by atoms with Gasteiger partial charge in [-0.3, -0.25) is 4.79 Å². The Labute approximate surface area is 107 Å². The zero-order valence-electron chi connectivity index (χ0n) is 12.0. The Morgan fingerprint density at radius 1 is 1.29 bits per heavy atom. The van der Waals surface area contributed by atoms with Gasteiger partial charge in [0, 0.05) is 20.4 Å². The zero-order valence-corrected chi connectivity index (χ0v) is 13.0. The van der Waals surface area contributed by atoms with E-state index in [9.17, 15) is 4.79 Å². The van der Waals surface area contributed by atoms with Gasteiger partial charge in [0.25, 0.3) is 0 Å². The fraction of sp³-hybridized carbons (Fsp3) is 0.933. The van der Waals surface area contributed by atoms with E-state index in [1.54, 1.807) is 0 Å². The number of carbonyl (C=O) groups is 1. The largest absolute Gasteiger partial charge is 0.299 e. The molecule has 0 N–H and O–H groups in total. The fourth-order valence-electron chi connectivity index (χ4n) is 4.55. The SMILES string of the molecule is CCC(=O)C1CC2CCCCC21C[Si](C)(C)C. The predicted octanol–water partition coefficient (Wildman–Crippen LogP) is 4.50. The van der Waals surface area contributed by atoms with Gasteiger partial charge in [-0.2, -0.15) is 0 Å². The molecule has 2 heteroatoms. The molecular formula is C15H28OSi. The second-order valence-electron chi connectivity index (χ2n) is 7.52. The molecule has 0 saturated heterocycles. The number of hydrogen-bond acceptors (Lipinski definition) is 1. The molecule has 0 amide bonds. The maximum absolute atomic E-state index is 12.2. The number of fused-ring (bicyclic) bond motifs is 1. The number of rotatable bonds is 4. The summed E-state index contributed by atoms with van der Waals surface area (Å²) < 4.78 is 0. The van der Waals surface area contributed by atoms with Crippen LogP contribution in [-0.2, 0) is 4.79 Å². The first-order valence-electron chi connectivity index (χ1n) is 7.42. The Kier molecular flexibility index (Phi) is 3.55. The van der Waals surface area contributed by atoms with Crippen molar-refractivity contribution in [3.63, 3.8) is 0 Å². The van der Waals surface area contributed by atoms with Crippen molar-refractivity contribution < 1.29 is 4.79 Å². The van der Waals surface area contributed by atoms with Crippen LogP contribution in [0.25, 0.3) is 0 Å². The molecule has 3 atom stereocenters. The molecule has 17 heavy (non-hydrogen) atoms. The lowest BCUT2D eigenvalue weighted by atomic mass is 9.47. The molecule has 1 nitrogen and oxygen atoms in total. The third-order valence-corrected chi connectivity index (χ3v) is 6.79. The van der Waals surface area contributed by atoms with E-state index < -0.39 is 8.07 Å². The fourth-order valence-corrected chi connectivity index (χ4v) is 7.23. The van der Waals surface area contributed by atoms with Gasteiger partial charge in [0.1, 0.15) is 5.78 Å². The summed E-state index contributed by atoms with van der Waals surface area (Å²) in [4.78, 5) is 12.2. The second kappa shape index (κ2) is 4.53. The van der Waals surface area contributed by atoms with E-state index in [1.807, 2.05) is 6.92 Å². The van der Waals surface area contributed by atoms with Crippen LogP contribution < -0.4 is 0 Å². The van der Waals surface area contributed by atoms with Crippen LogP contribution in [0.2, 0.25) is 25.7 Å². The van der Waals surface area contributed by atoms with Crippen LogP contribution in [-0.4, -0.2) is 13.9 Å². The van der Waals surface area contributed by atoms with E-state index in [0.29, 0.717) is 17.1 Å². The van der Waals surface area contributed by atoms with Gasteiger partial charge in [0.15, 0.2) is 0 Å². The minimum atomic E-state index is -1.06. The maximum atomic E-state index is 12.2. The van der Waals surface area contributed by atoms with Crippen LogP contribution in [0.3, 0.4) is 0 Å². The summed E-state index contributed by atoms with van der Waals surface area (Å²) in [6.45, 7) is 9.46. The average Bonchev–Trinajstić information content (AvgIpc) is 2.21. The molecule has 0 aromatic rings. The number of carbonyl (C=O) groups excluding carboxylic acids is 1. The van der Waals surface area contributed by atoms with Gasteiger partial charge in [-0.1, -0.05) is 45.5 Å². The molecule has 2 aliphatic rings. The molecule has 2 fully saturated rings. The molecule has 2 rings (SSSR count). The first kappa shape index (κ1) is 13.3. The van der Waals surface area contributed by atoms with Gasteiger partial charge in [-0.25, -0.2) is 0 Å². The number of hydrogen-bond donors (Lipinski definition) is 0. The van der Waals surface area contributed by atoms with Gasteiger partial charge in [-0.15, -0.1) is 0 Å². The lowest BCUT2D eigenvalue weighted by Gasteiger charge is -2.60. The van der Waals surface area contributed by atoms with Crippen molar-refractivity contribution in [3.05, 3.63) is 0 Å². The summed E-state index contributed by atoms with van der Waals surface area (Å²) in [5, 5.41) is 0. The standard InChI is InChI=1S/C15H28OSi/c1-5-14(16)13-10-12-8-6-7-9-15(12,13)11-17(2,3)4/h12-13H,5-11H2,1-4H3. The van der Waals surface area contributed by atoms with Gasteiger partial charge in [-0.05, 0) is 30.6 Å². The van der Waals surface area contributed by atoms with Crippen molar-refractivity contribution in [1.29, 1.82) is 0 Å². The minimum absolute atomic E-state index is 0.435. The Balaban J connectivity index is 2.18. The maximum Gasteiger partial charge on any atom is 0.136 e. The van der Waals surface area contributed by atoms with E-state index in [1.165, 1.54) is 38.1 Å². The van der Waals surface area contributed by atoms with E-state index in [4.69, 9.17) is 0 Å². The molecule has 2 saturated carbocycles. The van der Waals surface area contributed by atoms with E-state index in [-0.39, 0.29) is 0 Å². The molecule has 0 aromatic heterocycles. The summed E-state index contributed by atoms with van der Waals surface area (Å²) in [6.07, 6.45) is 7.50. The van der Waals surface area contributed by atoms with Crippen LogP contribution in [0.5, 0.6) is 0 Å². The first-order valence-corrected chi connectivity index (χ1v) is 11.1. The van der Waals surface area contributed by atoms with Gasteiger partial charge in [0.2, 0.25) is 0 Å². The molecule has 0 spiro atoms. The van der Waals surface area contributed by atoms with Crippen molar-refractivity contribution in [2.75, 3.05) is 0 Å². The summed E-state index contributed by atoms with van der Waals surface area (Å²) in [5.74, 6) is 1.88. The van der Waals surface area contributed by atoms with Crippen molar-refractivity contribution in [3.8, 4) is 0 Å². The highest BCUT2D eigenvalue weighted by Crippen LogP contribution is 2.63. The number of Topliss-reactive ketones (excluding diaryl/α,β-unsaturated/α-hetero) is 1. The van der Waals surface area contributed by atoms with Gasteiger partial charge < -0.3 is 0 Å². The van der Waals surface area contributed by atoms with Gasteiger partial charge in [0.05, 0.1) is 0 Å². The predicted molar refractivity (Wildman–Crippen MR) is 75.9 cm³/mol. The molecule has 0 radical (unpaired) electrons. The van der Waals surface area contributed by atoms with Crippen LogP contribution in [0.1, 0.15) is 45.4 Å². The van der Waals surface area contributed by atoms with Crippen LogP contribution in [0.4, 0.5) is 0 Å². The number of ketones is 1. The molecule has 0 aliphatic heterocycles. The average molecular weight is 252 g/mol. The Morgan fingerprint density at radius 2 is 2.00 bits per heavy atom. The summed E-state index contributed by atoms with van der Waals surface area (Å²) in [7, 11) is -1.06. The molecule has 0 heterocycles. The third-order valence-electron chi connectivity index (χ3n) is 5.07. The highest BCUT2D eigenvalue weighted by atomic mass is 28.3. The normalized spacial score (nSPS) is 37.2. The molecule has 2 aliphatic carbocycles. The molecule has 0 aromatic carbocycles. The first-order chi connectivity index (χ1) is 7.89. The van der Waals surface area contributed by atoms with Crippen LogP contribution in [0.15, 0.2) is 0 Å².